The van der Waals surface area contributed by atoms with Crippen molar-refractivity contribution in [2.45, 2.75) is 56.3 Å². The minimum atomic E-state index is -0.627. The summed E-state index contributed by atoms with van der Waals surface area (Å²) in [5.74, 6) is -0.627. The molecule has 5 rings (SSSR count). The van der Waals surface area contributed by atoms with E-state index >= 15 is 0 Å². The molecule has 0 atom stereocenters. The molecule has 2 aliphatic rings. The Morgan fingerprint density at radius 3 is 2.46 bits per heavy atom. The molecule has 8 nitrogen and oxygen atoms in total. The second-order valence-electron chi connectivity index (χ2n) is 9.65. The normalized spacial score (nSPS) is 21.3. The van der Waals surface area contributed by atoms with Crippen LogP contribution < -0.4 is 11.2 Å². The molecule has 2 fully saturated rings. The molecule has 35 heavy (non-hydrogen) atoms. The van der Waals surface area contributed by atoms with Crippen LogP contribution in [0.3, 0.4) is 0 Å². The fourth-order valence-electron chi connectivity index (χ4n) is 5.52. The first-order valence-electron chi connectivity index (χ1n) is 11.8. The Labute approximate surface area is 215 Å². The molecule has 2 heterocycles. The van der Waals surface area contributed by atoms with Crippen molar-refractivity contribution in [3.63, 3.8) is 0 Å². The van der Waals surface area contributed by atoms with E-state index in [0.29, 0.717) is 31.4 Å². The summed E-state index contributed by atoms with van der Waals surface area (Å²) in [7, 11) is 3.98. The number of hydrogen-bond donors (Lipinski definition) is 0. The Balaban J connectivity index is 1.55. The van der Waals surface area contributed by atoms with E-state index in [1.807, 2.05) is 37.2 Å². The molecule has 2 saturated carbocycles. The van der Waals surface area contributed by atoms with Gasteiger partial charge in [-0.1, -0.05) is 6.07 Å². The van der Waals surface area contributed by atoms with E-state index in [1.165, 1.54) is 9.13 Å². The van der Waals surface area contributed by atoms with Gasteiger partial charge in [-0.05, 0) is 99.5 Å². The predicted molar refractivity (Wildman–Crippen MR) is 139 cm³/mol. The number of fused-ring (bicyclic) bond motifs is 1. The Hall–Kier alpha value is -2.60. The van der Waals surface area contributed by atoms with Crippen molar-refractivity contribution in [2.24, 2.45) is 0 Å². The second kappa shape index (κ2) is 9.12. The lowest BCUT2D eigenvalue weighted by Gasteiger charge is -2.42. The zero-order valence-corrected chi connectivity index (χ0v) is 21.8. The lowest BCUT2D eigenvalue weighted by Crippen LogP contribution is -2.53. The maximum atomic E-state index is 14.1. The largest absolute Gasteiger partial charge is 0.337 e. The van der Waals surface area contributed by atoms with Gasteiger partial charge in [0.15, 0.2) is 5.65 Å². The summed E-state index contributed by atoms with van der Waals surface area (Å²) in [4.78, 5) is 47.3. The Kier molecular flexibility index (Phi) is 6.28. The van der Waals surface area contributed by atoms with Crippen LogP contribution in [0, 0.1) is 9.39 Å². The van der Waals surface area contributed by atoms with Crippen LogP contribution in [0.25, 0.3) is 16.7 Å². The van der Waals surface area contributed by atoms with Gasteiger partial charge in [-0.3, -0.25) is 19.1 Å². The highest BCUT2D eigenvalue weighted by molar-refractivity contribution is 14.1. The minimum Gasteiger partial charge on any atom is -0.324 e. The number of carbonyl (C=O) groups is 1. The van der Waals surface area contributed by atoms with Gasteiger partial charge in [-0.15, -0.1) is 0 Å². The fraction of sp³-hybridized carbons (Fsp3) is 0.440. The van der Waals surface area contributed by atoms with E-state index in [4.69, 9.17) is 0 Å². The molecule has 0 N–H and O–H groups in total. The van der Waals surface area contributed by atoms with Gasteiger partial charge in [0.25, 0.3) is 5.56 Å². The highest BCUT2D eigenvalue weighted by Crippen LogP contribution is 2.46. The monoisotopic (exact) mass is 591 g/mol. The molecule has 2 aliphatic carbocycles. The van der Waals surface area contributed by atoms with Gasteiger partial charge in [0.1, 0.15) is 5.82 Å². The average Bonchev–Trinajstić information content (AvgIpc) is 3.63. The van der Waals surface area contributed by atoms with Gasteiger partial charge in [0.05, 0.1) is 22.9 Å². The van der Waals surface area contributed by atoms with Crippen LogP contribution in [0.4, 0.5) is 4.39 Å². The quantitative estimate of drug-likeness (QED) is 0.250. The zero-order chi connectivity index (χ0) is 24.9. The number of rotatable bonds is 6. The summed E-state index contributed by atoms with van der Waals surface area (Å²) >= 11 is 2.16. The number of halogens is 2. The first-order chi connectivity index (χ1) is 16.8. The zero-order valence-electron chi connectivity index (χ0n) is 19.7. The molecule has 0 unspecified atom stereocenters. The van der Waals surface area contributed by atoms with Crippen molar-refractivity contribution in [1.82, 2.24) is 23.9 Å². The SMILES string of the molecule is CN(C)C1(N(C=O)C2CCC(n3c(=O)c4cc(F)cnc4n(-c4cccc(I)c4)c3=O)CC2)CC1. The van der Waals surface area contributed by atoms with Gasteiger partial charge in [-0.25, -0.2) is 18.7 Å². The van der Waals surface area contributed by atoms with Crippen molar-refractivity contribution in [3.8, 4) is 5.69 Å². The van der Waals surface area contributed by atoms with Gasteiger partial charge in [0.2, 0.25) is 6.41 Å². The third kappa shape index (κ3) is 4.10. The van der Waals surface area contributed by atoms with Crippen LogP contribution in [0.15, 0.2) is 46.1 Å². The predicted octanol–water partition coefficient (Wildman–Crippen LogP) is 3.28. The summed E-state index contributed by atoms with van der Waals surface area (Å²) in [5, 5.41) is 0.0737. The van der Waals surface area contributed by atoms with Gasteiger partial charge < -0.3 is 4.90 Å². The van der Waals surface area contributed by atoms with Gasteiger partial charge in [-0.2, -0.15) is 0 Å². The number of aromatic nitrogens is 3. The third-order valence-corrected chi connectivity index (χ3v) is 8.18. The van der Waals surface area contributed by atoms with Crippen molar-refractivity contribution in [1.29, 1.82) is 0 Å². The van der Waals surface area contributed by atoms with Gasteiger partial charge in [0, 0.05) is 15.7 Å². The Morgan fingerprint density at radius 2 is 1.86 bits per heavy atom. The van der Waals surface area contributed by atoms with E-state index in [1.54, 1.807) is 6.07 Å². The standard InChI is InChI=1S/C25H27FIN5O3/c1-29(2)25(10-11-25)30(15-33)18-6-8-19(9-7-18)32-23(34)21-12-16(26)14-28-22(21)31(24(32)35)20-5-3-4-17(27)13-20/h3-5,12-15,18-19H,6-11H2,1-2H3. The summed E-state index contributed by atoms with van der Waals surface area (Å²) in [6.07, 6.45) is 6.39. The van der Waals surface area contributed by atoms with E-state index in [-0.39, 0.29) is 28.8 Å². The maximum absolute atomic E-state index is 14.1. The molecule has 0 saturated heterocycles. The smallest absolute Gasteiger partial charge is 0.324 e. The lowest BCUT2D eigenvalue weighted by molar-refractivity contribution is -0.129. The molecular weight excluding hydrogens is 564 g/mol. The van der Waals surface area contributed by atoms with Crippen LogP contribution in [-0.2, 0) is 4.79 Å². The van der Waals surface area contributed by atoms with Gasteiger partial charge >= 0.3 is 5.69 Å². The number of hydrogen-bond acceptors (Lipinski definition) is 5. The number of benzene rings is 1. The molecule has 1 aromatic carbocycles. The highest BCUT2D eigenvalue weighted by atomic mass is 127. The summed E-state index contributed by atoms with van der Waals surface area (Å²) < 4.78 is 17.7. The first-order valence-corrected chi connectivity index (χ1v) is 12.8. The molecule has 0 radical (unpaired) electrons. The van der Waals surface area contributed by atoms with E-state index in [0.717, 1.165) is 35.1 Å². The van der Waals surface area contributed by atoms with Crippen LogP contribution in [-0.4, -0.2) is 56.1 Å². The highest BCUT2D eigenvalue weighted by Gasteiger charge is 2.52. The Morgan fingerprint density at radius 1 is 1.14 bits per heavy atom. The fourth-order valence-corrected chi connectivity index (χ4v) is 6.05. The minimum absolute atomic E-state index is 0.0573. The van der Waals surface area contributed by atoms with Crippen molar-refractivity contribution in [2.75, 3.05) is 14.1 Å². The molecule has 0 bridgehead atoms. The van der Waals surface area contributed by atoms with Crippen LogP contribution >= 0.6 is 22.6 Å². The number of amides is 1. The molecule has 2 aromatic heterocycles. The summed E-state index contributed by atoms with van der Waals surface area (Å²) in [6.45, 7) is 0. The molecule has 1 amide bonds. The molecule has 3 aromatic rings. The number of nitrogens with zero attached hydrogens (tertiary/aromatic N) is 5. The summed E-state index contributed by atoms with van der Waals surface area (Å²) in [6, 6.07) is 8.21. The van der Waals surface area contributed by atoms with E-state index in [2.05, 4.69) is 32.5 Å². The molecule has 0 spiro atoms. The molecule has 184 valence electrons. The Bertz CT molecular complexity index is 1410. The van der Waals surface area contributed by atoms with Crippen LogP contribution in [0.1, 0.15) is 44.6 Å². The van der Waals surface area contributed by atoms with Crippen molar-refractivity contribution in [3.05, 3.63) is 66.8 Å². The third-order valence-electron chi connectivity index (χ3n) is 7.51. The number of pyridine rings is 1. The lowest BCUT2D eigenvalue weighted by atomic mass is 9.89. The topological polar surface area (TPSA) is 80.4 Å². The average molecular weight is 591 g/mol. The second-order valence-corrected chi connectivity index (χ2v) is 10.9. The van der Waals surface area contributed by atoms with Crippen LogP contribution in [0.5, 0.6) is 0 Å². The van der Waals surface area contributed by atoms with Crippen molar-refractivity contribution >= 4 is 40.0 Å². The molecular formula is C25H27FIN5O3. The van der Waals surface area contributed by atoms with Crippen molar-refractivity contribution < 1.29 is 9.18 Å². The molecule has 10 heteroatoms. The molecule has 0 aliphatic heterocycles. The van der Waals surface area contributed by atoms with E-state index in [9.17, 15) is 18.8 Å². The van der Waals surface area contributed by atoms with E-state index < -0.39 is 17.1 Å². The summed E-state index contributed by atoms with van der Waals surface area (Å²) in [5.41, 5.74) is -0.517. The van der Waals surface area contributed by atoms with Crippen LogP contribution in [0.2, 0.25) is 0 Å². The first kappa shape index (κ1) is 24.1. The number of carbonyl (C=O) groups excluding carboxylic acids is 1. The maximum Gasteiger partial charge on any atom is 0.337 e.